The van der Waals surface area contributed by atoms with E-state index in [1.807, 2.05) is 13.8 Å². The van der Waals surface area contributed by atoms with Crippen LogP contribution in [-0.4, -0.2) is 43.4 Å². The molecule has 1 amide bonds. The number of halogens is 2. The summed E-state index contributed by atoms with van der Waals surface area (Å²) in [6.45, 7) is 6.98. The van der Waals surface area contributed by atoms with Crippen LogP contribution in [0.2, 0.25) is 0 Å². The van der Waals surface area contributed by atoms with Gasteiger partial charge in [0, 0.05) is 20.1 Å². The van der Waals surface area contributed by atoms with Gasteiger partial charge in [-0.25, -0.2) is 4.79 Å². The summed E-state index contributed by atoms with van der Waals surface area (Å²) in [5, 5.41) is 8.99. The van der Waals surface area contributed by atoms with E-state index < -0.39 is 23.8 Å². The molecule has 0 aromatic heterocycles. The van der Waals surface area contributed by atoms with Crippen molar-refractivity contribution in [2.24, 2.45) is 4.99 Å². The van der Waals surface area contributed by atoms with E-state index in [-0.39, 0.29) is 5.75 Å². The second-order valence-corrected chi connectivity index (χ2v) is 7.82. The molecule has 3 N–H and O–H groups in total. The molecule has 9 heteroatoms. The van der Waals surface area contributed by atoms with E-state index >= 15 is 0 Å². The molecule has 0 unspecified atom stereocenters. The van der Waals surface area contributed by atoms with Crippen molar-refractivity contribution >= 4 is 12.1 Å². The van der Waals surface area contributed by atoms with Crippen LogP contribution in [0.4, 0.5) is 13.6 Å². The number of nitrogens with zero attached hydrogens (tertiary/aromatic N) is 1. The Hall–Kier alpha value is -2.58. The van der Waals surface area contributed by atoms with Gasteiger partial charge in [-0.15, -0.1) is 0 Å². The zero-order valence-corrected chi connectivity index (χ0v) is 17.2. The summed E-state index contributed by atoms with van der Waals surface area (Å²) in [7, 11) is 1.61. The number of ether oxygens (including phenoxy) is 2. The van der Waals surface area contributed by atoms with E-state index in [1.54, 1.807) is 40.0 Å². The number of carbonyl (C=O) groups excluding carboxylic acids is 1. The summed E-state index contributed by atoms with van der Waals surface area (Å²) < 4.78 is 34.3. The second kappa shape index (κ2) is 10.1. The highest BCUT2D eigenvalue weighted by molar-refractivity contribution is 5.79. The van der Waals surface area contributed by atoms with E-state index in [0.29, 0.717) is 19.0 Å². The maximum Gasteiger partial charge on any atom is 0.408 e. The number of benzene rings is 1. The number of hydrogen-bond acceptors (Lipinski definition) is 4. The predicted octanol–water partition coefficient (Wildman–Crippen LogP) is 3.26. The third kappa shape index (κ3) is 9.94. The van der Waals surface area contributed by atoms with Gasteiger partial charge < -0.3 is 25.4 Å². The number of nitrogens with one attached hydrogen (secondary N) is 3. The zero-order valence-electron chi connectivity index (χ0n) is 17.2. The average Bonchev–Trinajstić information content (AvgIpc) is 2.52. The molecule has 0 bridgehead atoms. The van der Waals surface area contributed by atoms with Crippen molar-refractivity contribution < 1.29 is 23.0 Å². The maximum absolute atomic E-state index is 12.3. The Kier molecular flexibility index (Phi) is 8.46. The molecule has 28 heavy (non-hydrogen) atoms. The summed E-state index contributed by atoms with van der Waals surface area (Å²) in [6.07, 6.45) is -0.502. The van der Waals surface area contributed by atoms with Crippen LogP contribution in [0.1, 0.15) is 40.2 Å². The molecule has 0 aliphatic heterocycles. The quantitative estimate of drug-likeness (QED) is 0.483. The molecule has 0 aliphatic carbocycles. The Bertz CT molecular complexity index is 673. The fraction of sp³-hybridized carbons (Fsp3) is 0.579. The lowest BCUT2D eigenvalue weighted by atomic mass is 10.1. The van der Waals surface area contributed by atoms with E-state index in [9.17, 15) is 13.6 Å². The largest absolute Gasteiger partial charge is 0.444 e. The van der Waals surface area contributed by atoms with Crippen LogP contribution in [0.25, 0.3) is 0 Å². The van der Waals surface area contributed by atoms with Crippen LogP contribution in [0.15, 0.2) is 29.3 Å². The molecule has 158 valence electrons. The van der Waals surface area contributed by atoms with Crippen molar-refractivity contribution in [3.8, 4) is 5.75 Å². The summed E-state index contributed by atoms with van der Waals surface area (Å²) in [5.41, 5.74) is -0.411. The molecular weight excluding hydrogens is 370 g/mol. The molecule has 0 saturated heterocycles. The number of carbonyl (C=O) groups is 1. The van der Waals surface area contributed by atoms with Gasteiger partial charge in [-0.2, -0.15) is 8.78 Å². The van der Waals surface area contributed by atoms with Gasteiger partial charge in [-0.1, -0.05) is 12.1 Å². The van der Waals surface area contributed by atoms with Gasteiger partial charge in [0.05, 0.1) is 5.54 Å². The number of rotatable bonds is 7. The van der Waals surface area contributed by atoms with Gasteiger partial charge in [0.25, 0.3) is 0 Å². The SMILES string of the molecule is CN=C(NCc1cccc(OC(F)F)c1)NCC(C)(C)NC(=O)OC(C)(C)C. The standard InChI is InChI=1S/C19H30F2N4O3/c1-18(2,3)28-17(26)25-19(4,5)12-24-16(22-6)23-11-13-8-7-9-14(10-13)27-15(20)21/h7-10,15H,11-12H2,1-6H3,(H,25,26)(H2,22,23,24). The summed E-state index contributed by atoms with van der Waals surface area (Å²) in [6, 6.07) is 6.42. The number of guanidine groups is 1. The molecule has 0 heterocycles. The second-order valence-electron chi connectivity index (χ2n) is 7.82. The first-order valence-corrected chi connectivity index (χ1v) is 8.90. The van der Waals surface area contributed by atoms with E-state index in [2.05, 4.69) is 25.7 Å². The highest BCUT2D eigenvalue weighted by Crippen LogP contribution is 2.15. The first-order chi connectivity index (χ1) is 12.9. The minimum Gasteiger partial charge on any atom is -0.444 e. The van der Waals surface area contributed by atoms with Gasteiger partial charge in [-0.3, -0.25) is 4.99 Å². The Balaban J connectivity index is 2.53. The zero-order chi connectivity index (χ0) is 21.4. The lowest BCUT2D eigenvalue weighted by molar-refractivity contribution is -0.0498. The van der Waals surface area contributed by atoms with Crippen molar-refractivity contribution in [3.63, 3.8) is 0 Å². The van der Waals surface area contributed by atoms with Crippen molar-refractivity contribution in [1.29, 1.82) is 0 Å². The normalized spacial score (nSPS) is 12.5. The van der Waals surface area contributed by atoms with Gasteiger partial charge >= 0.3 is 12.7 Å². The van der Waals surface area contributed by atoms with E-state index in [0.717, 1.165) is 5.56 Å². The van der Waals surface area contributed by atoms with Crippen molar-refractivity contribution in [2.45, 2.75) is 58.9 Å². The Morgan fingerprint density at radius 2 is 1.86 bits per heavy atom. The van der Waals surface area contributed by atoms with E-state index in [4.69, 9.17) is 4.74 Å². The highest BCUT2D eigenvalue weighted by atomic mass is 19.3. The summed E-state index contributed by atoms with van der Waals surface area (Å²) >= 11 is 0. The third-order valence-electron chi connectivity index (χ3n) is 3.34. The topological polar surface area (TPSA) is 84.0 Å². The Morgan fingerprint density at radius 3 is 2.43 bits per heavy atom. The molecule has 0 atom stereocenters. The lowest BCUT2D eigenvalue weighted by Gasteiger charge is -2.29. The van der Waals surface area contributed by atoms with Crippen molar-refractivity contribution in [2.75, 3.05) is 13.6 Å². The number of hydrogen-bond donors (Lipinski definition) is 3. The lowest BCUT2D eigenvalue weighted by Crippen LogP contribution is -2.54. The fourth-order valence-corrected chi connectivity index (χ4v) is 2.17. The van der Waals surface area contributed by atoms with E-state index in [1.165, 1.54) is 12.1 Å². The monoisotopic (exact) mass is 400 g/mol. The number of alkyl carbamates (subject to hydrolysis) is 1. The molecule has 1 aromatic rings. The van der Waals surface area contributed by atoms with Gasteiger partial charge in [0.1, 0.15) is 11.4 Å². The van der Waals surface area contributed by atoms with Crippen LogP contribution in [0, 0.1) is 0 Å². The third-order valence-corrected chi connectivity index (χ3v) is 3.34. The maximum atomic E-state index is 12.3. The molecule has 7 nitrogen and oxygen atoms in total. The first kappa shape index (κ1) is 23.5. The molecule has 0 aliphatic rings. The van der Waals surface area contributed by atoms with Crippen molar-refractivity contribution in [3.05, 3.63) is 29.8 Å². The molecule has 0 saturated carbocycles. The number of alkyl halides is 2. The van der Waals surface area contributed by atoms with Crippen LogP contribution in [0.5, 0.6) is 5.75 Å². The smallest absolute Gasteiger partial charge is 0.408 e. The fourth-order valence-electron chi connectivity index (χ4n) is 2.17. The summed E-state index contributed by atoms with van der Waals surface area (Å²) in [5.74, 6) is 0.596. The predicted molar refractivity (Wildman–Crippen MR) is 105 cm³/mol. The van der Waals surface area contributed by atoms with Gasteiger partial charge in [0.2, 0.25) is 0 Å². The van der Waals surface area contributed by atoms with Crippen molar-refractivity contribution in [1.82, 2.24) is 16.0 Å². The Labute approximate surface area is 164 Å². The van der Waals surface area contributed by atoms with Gasteiger partial charge in [0.15, 0.2) is 5.96 Å². The molecule has 1 aromatic carbocycles. The molecule has 0 fully saturated rings. The van der Waals surface area contributed by atoms with Crippen LogP contribution in [0.3, 0.4) is 0 Å². The number of amides is 1. The van der Waals surface area contributed by atoms with Crippen LogP contribution < -0.4 is 20.7 Å². The first-order valence-electron chi connectivity index (χ1n) is 8.90. The molecule has 0 spiro atoms. The minimum atomic E-state index is -2.86. The Morgan fingerprint density at radius 1 is 1.18 bits per heavy atom. The number of aliphatic imine (C=N–C) groups is 1. The molecular formula is C19H30F2N4O3. The van der Waals surface area contributed by atoms with Crippen LogP contribution in [-0.2, 0) is 11.3 Å². The molecule has 1 rings (SSSR count). The van der Waals surface area contributed by atoms with Crippen LogP contribution >= 0.6 is 0 Å². The molecule has 0 radical (unpaired) electrons. The van der Waals surface area contributed by atoms with Gasteiger partial charge in [-0.05, 0) is 52.3 Å². The highest BCUT2D eigenvalue weighted by Gasteiger charge is 2.24. The summed E-state index contributed by atoms with van der Waals surface area (Å²) in [4.78, 5) is 16.1. The minimum absolute atomic E-state index is 0.0972. The average molecular weight is 400 g/mol.